The molecule has 0 radical (unpaired) electrons. The maximum Gasteiger partial charge on any atom is 0.132 e. The minimum atomic E-state index is -0.365. The van der Waals surface area contributed by atoms with Crippen LogP contribution >= 0.6 is 34.8 Å². The van der Waals surface area contributed by atoms with Gasteiger partial charge in [0.05, 0.1) is 39.5 Å². The summed E-state index contributed by atoms with van der Waals surface area (Å²) in [5.41, 5.74) is 0.992. The molecule has 1 atom stereocenters. The number of halogens is 4. The third-order valence-corrected chi connectivity index (χ3v) is 4.08. The molecule has 0 amide bonds. The van der Waals surface area contributed by atoms with Crippen molar-refractivity contribution < 1.29 is 9.13 Å². The normalized spacial score (nSPS) is 12.1. The van der Waals surface area contributed by atoms with Crippen LogP contribution < -0.4 is 10.1 Å². The molecule has 6 heteroatoms. The molecule has 2 rings (SSSR count). The Balaban J connectivity index is 2.35. The van der Waals surface area contributed by atoms with Gasteiger partial charge in [0.1, 0.15) is 11.6 Å². The number of rotatable bonds is 4. The molecule has 0 aliphatic carbocycles. The summed E-state index contributed by atoms with van der Waals surface area (Å²) in [6, 6.07) is 7.46. The topological polar surface area (TPSA) is 21.3 Å². The highest BCUT2D eigenvalue weighted by atomic mass is 35.5. The van der Waals surface area contributed by atoms with E-state index >= 15 is 0 Å². The van der Waals surface area contributed by atoms with E-state index in [1.165, 1.54) is 13.2 Å². The van der Waals surface area contributed by atoms with Gasteiger partial charge in [-0.1, -0.05) is 40.9 Å². The van der Waals surface area contributed by atoms with E-state index in [1.807, 2.05) is 0 Å². The lowest BCUT2D eigenvalue weighted by Gasteiger charge is -2.20. The first-order chi connectivity index (χ1) is 9.93. The summed E-state index contributed by atoms with van der Waals surface area (Å²) >= 11 is 18.0. The number of anilines is 1. The summed E-state index contributed by atoms with van der Waals surface area (Å²) in [4.78, 5) is 0. The average molecular weight is 349 g/mol. The molecule has 0 aromatic heterocycles. The van der Waals surface area contributed by atoms with E-state index in [1.54, 1.807) is 31.2 Å². The Bertz CT molecular complexity index is 664. The highest BCUT2D eigenvalue weighted by molar-refractivity contribution is 6.44. The van der Waals surface area contributed by atoms with Crippen LogP contribution in [0.25, 0.3) is 0 Å². The molecule has 0 saturated heterocycles. The van der Waals surface area contributed by atoms with Gasteiger partial charge in [-0.15, -0.1) is 0 Å². The number of methoxy groups -OCH3 is 1. The second-order valence-electron chi connectivity index (χ2n) is 4.47. The van der Waals surface area contributed by atoms with Crippen LogP contribution in [0.15, 0.2) is 30.3 Å². The first-order valence-electron chi connectivity index (χ1n) is 6.17. The molecule has 0 spiro atoms. The summed E-state index contributed by atoms with van der Waals surface area (Å²) in [5, 5.41) is 4.26. The highest BCUT2D eigenvalue weighted by Crippen LogP contribution is 2.36. The molecule has 21 heavy (non-hydrogen) atoms. The predicted octanol–water partition coefficient (Wildman–Crippen LogP) is 5.97. The van der Waals surface area contributed by atoms with Crippen molar-refractivity contribution in [3.8, 4) is 5.75 Å². The molecule has 2 aromatic carbocycles. The molecule has 0 heterocycles. The van der Waals surface area contributed by atoms with Gasteiger partial charge in [0.25, 0.3) is 0 Å². The van der Waals surface area contributed by atoms with E-state index in [0.717, 1.165) is 0 Å². The molecule has 112 valence electrons. The Morgan fingerprint density at radius 3 is 2.43 bits per heavy atom. The van der Waals surface area contributed by atoms with E-state index in [-0.39, 0.29) is 11.9 Å². The van der Waals surface area contributed by atoms with Crippen molar-refractivity contribution in [3.63, 3.8) is 0 Å². The largest absolute Gasteiger partial charge is 0.496 e. The molecule has 0 aliphatic rings. The van der Waals surface area contributed by atoms with Crippen LogP contribution in [0.1, 0.15) is 18.5 Å². The molecule has 0 saturated carbocycles. The summed E-state index contributed by atoms with van der Waals surface area (Å²) in [7, 11) is 1.50. The summed E-state index contributed by atoms with van der Waals surface area (Å²) in [6.45, 7) is 1.81. The van der Waals surface area contributed by atoms with Gasteiger partial charge in [0.15, 0.2) is 0 Å². The summed E-state index contributed by atoms with van der Waals surface area (Å²) < 4.78 is 19.2. The van der Waals surface area contributed by atoms with Gasteiger partial charge in [-0.05, 0) is 31.2 Å². The van der Waals surface area contributed by atoms with E-state index in [0.29, 0.717) is 32.1 Å². The fourth-order valence-electron chi connectivity index (χ4n) is 2.05. The van der Waals surface area contributed by atoms with Crippen LogP contribution in [-0.2, 0) is 0 Å². The Kier molecular flexibility index (Phi) is 5.20. The van der Waals surface area contributed by atoms with Gasteiger partial charge in [-0.25, -0.2) is 4.39 Å². The maximum atomic E-state index is 14.0. The zero-order chi connectivity index (χ0) is 15.6. The Hall–Kier alpha value is -1.16. The molecule has 2 nitrogen and oxygen atoms in total. The van der Waals surface area contributed by atoms with Crippen molar-refractivity contribution in [2.24, 2.45) is 0 Å². The van der Waals surface area contributed by atoms with Crippen molar-refractivity contribution in [2.75, 3.05) is 12.4 Å². The van der Waals surface area contributed by atoms with Crippen LogP contribution in [0, 0.1) is 5.82 Å². The molecule has 0 fully saturated rings. The third-order valence-electron chi connectivity index (χ3n) is 3.05. The van der Waals surface area contributed by atoms with Crippen LogP contribution in [0.2, 0.25) is 15.1 Å². The maximum absolute atomic E-state index is 14.0. The first-order valence-corrected chi connectivity index (χ1v) is 7.31. The molecule has 0 aliphatic heterocycles. The minimum Gasteiger partial charge on any atom is -0.496 e. The molecule has 0 bridgehead atoms. The van der Waals surface area contributed by atoms with Crippen molar-refractivity contribution >= 4 is 40.5 Å². The molecule has 1 N–H and O–H groups in total. The van der Waals surface area contributed by atoms with Crippen LogP contribution in [0.3, 0.4) is 0 Å². The van der Waals surface area contributed by atoms with Crippen molar-refractivity contribution in [2.45, 2.75) is 13.0 Å². The van der Waals surface area contributed by atoms with Gasteiger partial charge in [0.2, 0.25) is 0 Å². The van der Waals surface area contributed by atoms with Gasteiger partial charge in [-0.3, -0.25) is 0 Å². The monoisotopic (exact) mass is 347 g/mol. The Morgan fingerprint density at radius 1 is 1.10 bits per heavy atom. The molecular weight excluding hydrogens is 336 g/mol. The highest BCUT2D eigenvalue weighted by Gasteiger charge is 2.17. The zero-order valence-electron chi connectivity index (χ0n) is 11.4. The van der Waals surface area contributed by atoms with Crippen LogP contribution in [0.4, 0.5) is 10.1 Å². The van der Waals surface area contributed by atoms with E-state index in [9.17, 15) is 4.39 Å². The second kappa shape index (κ2) is 6.73. The number of hydrogen-bond acceptors (Lipinski definition) is 2. The number of ether oxygens (including phenoxy) is 1. The number of benzene rings is 2. The second-order valence-corrected chi connectivity index (χ2v) is 5.69. The zero-order valence-corrected chi connectivity index (χ0v) is 13.7. The van der Waals surface area contributed by atoms with Crippen molar-refractivity contribution in [1.82, 2.24) is 0 Å². The third kappa shape index (κ3) is 3.54. The molecule has 1 unspecified atom stereocenters. The summed E-state index contributed by atoms with van der Waals surface area (Å²) in [6.07, 6.45) is 0. The van der Waals surface area contributed by atoms with E-state index in [2.05, 4.69) is 5.32 Å². The molecular formula is C15H13Cl3FNO. The predicted molar refractivity (Wildman–Crippen MR) is 86.5 cm³/mol. The van der Waals surface area contributed by atoms with Crippen LogP contribution in [0.5, 0.6) is 5.75 Å². The van der Waals surface area contributed by atoms with Crippen molar-refractivity contribution in [1.29, 1.82) is 0 Å². The van der Waals surface area contributed by atoms with E-state index in [4.69, 9.17) is 39.5 Å². The lowest BCUT2D eigenvalue weighted by molar-refractivity contribution is 0.402. The Labute approximate surface area is 137 Å². The van der Waals surface area contributed by atoms with Gasteiger partial charge >= 0.3 is 0 Å². The van der Waals surface area contributed by atoms with Gasteiger partial charge in [0, 0.05) is 0 Å². The first kappa shape index (κ1) is 16.2. The van der Waals surface area contributed by atoms with Crippen molar-refractivity contribution in [3.05, 3.63) is 56.8 Å². The molecule has 2 aromatic rings. The Morgan fingerprint density at radius 2 is 1.76 bits per heavy atom. The number of hydrogen-bond donors (Lipinski definition) is 1. The fraction of sp³-hybridized carbons (Fsp3) is 0.200. The quantitative estimate of drug-likeness (QED) is 0.687. The minimum absolute atomic E-state index is 0.356. The standard InChI is InChI=1S/C15H13Cl3FNO/c1-8(15-12(19)4-3-5-14(15)21-2)20-13-7-10(17)9(16)6-11(13)18/h3-8,20H,1-2H3. The van der Waals surface area contributed by atoms with Crippen LogP contribution in [-0.4, -0.2) is 7.11 Å². The lowest BCUT2D eigenvalue weighted by atomic mass is 10.1. The smallest absolute Gasteiger partial charge is 0.132 e. The SMILES string of the molecule is COc1cccc(F)c1C(C)Nc1cc(Cl)c(Cl)cc1Cl. The van der Waals surface area contributed by atoms with Gasteiger partial charge < -0.3 is 10.1 Å². The van der Waals surface area contributed by atoms with Gasteiger partial charge in [-0.2, -0.15) is 0 Å². The number of nitrogens with one attached hydrogen (secondary N) is 1. The average Bonchev–Trinajstić information content (AvgIpc) is 2.44. The van der Waals surface area contributed by atoms with E-state index < -0.39 is 0 Å². The lowest BCUT2D eigenvalue weighted by Crippen LogP contribution is -2.10. The summed E-state index contributed by atoms with van der Waals surface area (Å²) in [5.74, 6) is 0.108. The fourth-order valence-corrected chi connectivity index (χ4v) is 2.66.